The molecule has 0 N–H and O–H groups in total. The van der Waals surface area contributed by atoms with Crippen molar-refractivity contribution in [3.63, 3.8) is 0 Å². The highest BCUT2D eigenvalue weighted by molar-refractivity contribution is 5.89. The molecule has 0 bridgehead atoms. The molecule has 0 saturated heterocycles. The number of aromatic nitrogens is 4. The predicted octanol–water partition coefficient (Wildman–Crippen LogP) is 6.12. The van der Waals surface area contributed by atoms with Gasteiger partial charge in [0.2, 0.25) is 0 Å². The second kappa shape index (κ2) is 8.20. The van der Waals surface area contributed by atoms with Crippen LogP contribution in [0, 0.1) is 20.8 Å². The largest absolute Gasteiger partial charge is 0.309 e. The smallest absolute Gasteiger partial charge is 0.164 e. The zero-order chi connectivity index (χ0) is 19.6. The summed E-state index contributed by atoms with van der Waals surface area (Å²) in [5.74, 6) is 1.12. The van der Waals surface area contributed by atoms with E-state index in [1.807, 2.05) is 0 Å². The SMILES string of the molecule is CCCCC(CC)n1c(CC)nc2c(-c3c(C)cc(C)cc3C)ncnc21. The molecule has 2 heterocycles. The first-order valence-electron chi connectivity index (χ1n) is 10.3. The lowest BCUT2D eigenvalue weighted by molar-refractivity contribution is 0.432. The molecular formula is C23H32N4. The summed E-state index contributed by atoms with van der Waals surface area (Å²) < 4.78 is 2.38. The van der Waals surface area contributed by atoms with Crippen LogP contribution in [0.4, 0.5) is 0 Å². The van der Waals surface area contributed by atoms with E-state index in [1.54, 1.807) is 6.33 Å². The molecule has 0 spiro atoms. The van der Waals surface area contributed by atoms with E-state index < -0.39 is 0 Å². The van der Waals surface area contributed by atoms with Crippen molar-refractivity contribution in [2.45, 2.75) is 79.7 Å². The highest BCUT2D eigenvalue weighted by atomic mass is 15.2. The van der Waals surface area contributed by atoms with Gasteiger partial charge in [-0.05, 0) is 44.7 Å². The summed E-state index contributed by atoms with van der Waals surface area (Å²) in [6, 6.07) is 4.90. The molecule has 0 aliphatic rings. The molecule has 3 rings (SSSR count). The molecule has 3 aromatic rings. The van der Waals surface area contributed by atoms with E-state index in [9.17, 15) is 0 Å². The minimum Gasteiger partial charge on any atom is -0.309 e. The number of fused-ring (bicyclic) bond motifs is 1. The average molecular weight is 365 g/mol. The highest BCUT2D eigenvalue weighted by Gasteiger charge is 2.22. The summed E-state index contributed by atoms with van der Waals surface area (Å²) in [5.41, 5.74) is 7.87. The van der Waals surface area contributed by atoms with E-state index in [0.29, 0.717) is 6.04 Å². The lowest BCUT2D eigenvalue weighted by Gasteiger charge is -2.19. The topological polar surface area (TPSA) is 43.6 Å². The van der Waals surface area contributed by atoms with Crippen molar-refractivity contribution in [2.24, 2.45) is 0 Å². The second-order valence-electron chi connectivity index (χ2n) is 7.62. The van der Waals surface area contributed by atoms with Gasteiger partial charge >= 0.3 is 0 Å². The maximum Gasteiger partial charge on any atom is 0.164 e. The van der Waals surface area contributed by atoms with Crippen LogP contribution in [-0.2, 0) is 6.42 Å². The number of imidazole rings is 1. The van der Waals surface area contributed by atoms with Gasteiger partial charge in [-0.3, -0.25) is 0 Å². The maximum absolute atomic E-state index is 5.03. The number of rotatable bonds is 7. The fourth-order valence-electron chi connectivity index (χ4n) is 4.28. The molecule has 4 heteroatoms. The van der Waals surface area contributed by atoms with Gasteiger partial charge in [-0.2, -0.15) is 0 Å². The van der Waals surface area contributed by atoms with Gasteiger partial charge in [-0.15, -0.1) is 0 Å². The van der Waals surface area contributed by atoms with Gasteiger partial charge in [0.15, 0.2) is 5.65 Å². The summed E-state index contributed by atoms with van der Waals surface area (Å²) in [4.78, 5) is 14.4. The third-order valence-corrected chi connectivity index (χ3v) is 5.51. The van der Waals surface area contributed by atoms with Crippen LogP contribution in [0.2, 0.25) is 0 Å². The Morgan fingerprint density at radius 1 is 1.00 bits per heavy atom. The van der Waals surface area contributed by atoms with Crippen LogP contribution < -0.4 is 0 Å². The van der Waals surface area contributed by atoms with Crippen molar-refractivity contribution in [3.8, 4) is 11.3 Å². The molecule has 1 atom stereocenters. The second-order valence-corrected chi connectivity index (χ2v) is 7.62. The molecule has 0 radical (unpaired) electrons. The number of benzene rings is 1. The molecule has 27 heavy (non-hydrogen) atoms. The zero-order valence-electron chi connectivity index (χ0n) is 17.6. The van der Waals surface area contributed by atoms with E-state index in [-0.39, 0.29) is 0 Å². The molecule has 1 aromatic carbocycles. The Bertz CT molecular complexity index is 916. The normalized spacial score (nSPS) is 12.7. The van der Waals surface area contributed by atoms with Crippen LogP contribution >= 0.6 is 0 Å². The van der Waals surface area contributed by atoms with Gasteiger partial charge in [-0.25, -0.2) is 15.0 Å². The Morgan fingerprint density at radius 2 is 1.70 bits per heavy atom. The monoisotopic (exact) mass is 364 g/mol. The van der Waals surface area contributed by atoms with Crippen molar-refractivity contribution in [1.82, 2.24) is 19.5 Å². The lowest BCUT2D eigenvalue weighted by Crippen LogP contribution is -2.12. The summed E-state index contributed by atoms with van der Waals surface area (Å²) in [5, 5.41) is 0. The van der Waals surface area contributed by atoms with Crippen molar-refractivity contribution < 1.29 is 0 Å². The summed E-state index contributed by atoms with van der Waals surface area (Å²) >= 11 is 0. The number of hydrogen-bond acceptors (Lipinski definition) is 3. The zero-order valence-corrected chi connectivity index (χ0v) is 17.6. The van der Waals surface area contributed by atoms with E-state index in [2.05, 4.69) is 68.2 Å². The minimum atomic E-state index is 0.452. The molecule has 0 fully saturated rings. The average Bonchev–Trinajstić information content (AvgIpc) is 3.01. The number of aryl methyl sites for hydroxylation is 4. The first-order chi connectivity index (χ1) is 13.0. The Kier molecular flexibility index (Phi) is 5.93. The summed E-state index contributed by atoms with van der Waals surface area (Å²) in [7, 11) is 0. The van der Waals surface area contributed by atoms with Crippen molar-refractivity contribution in [2.75, 3.05) is 0 Å². The van der Waals surface area contributed by atoms with Crippen LogP contribution in [0.15, 0.2) is 18.5 Å². The van der Waals surface area contributed by atoms with Gasteiger partial charge in [0.1, 0.15) is 23.4 Å². The molecule has 0 aliphatic heterocycles. The van der Waals surface area contributed by atoms with Crippen molar-refractivity contribution >= 4 is 11.2 Å². The van der Waals surface area contributed by atoms with Crippen LogP contribution in [0.5, 0.6) is 0 Å². The Morgan fingerprint density at radius 3 is 2.30 bits per heavy atom. The first-order valence-corrected chi connectivity index (χ1v) is 10.3. The van der Waals surface area contributed by atoms with Crippen LogP contribution in [-0.4, -0.2) is 19.5 Å². The van der Waals surface area contributed by atoms with Gasteiger partial charge in [0.05, 0.1) is 0 Å². The van der Waals surface area contributed by atoms with Gasteiger partial charge in [0, 0.05) is 18.0 Å². The molecule has 4 nitrogen and oxygen atoms in total. The minimum absolute atomic E-state index is 0.452. The van der Waals surface area contributed by atoms with E-state index in [4.69, 9.17) is 4.98 Å². The van der Waals surface area contributed by atoms with Gasteiger partial charge in [0.25, 0.3) is 0 Å². The Balaban J connectivity index is 2.24. The number of nitrogens with zero attached hydrogens (tertiary/aromatic N) is 4. The highest BCUT2D eigenvalue weighted by Crippen LogP contribution is 2.34. The number of hydrogen-bond donors (Lipinski definition) is 0. The third-order valence-electron chi connectivity index (χ3n) is 5.51. The fraction of sp³-hybridized carbons (Fsp3) is 0.522. The van der Waals surface area contributed by atoms with Crippen molar-refractivity contribution in [3.05, 3.63) is 41.0 Å². The molecule has 1 unspecified atom stereocenters. The number of unbranched alkanes of at least 4 members (excludes halogenated alkanes) is 1. The van der Waals surface area contributed by atoms with Crippen LogP contribution in [0.25, 0.3) is 22.4 Å². The van der Waals surface area contributed by atoms with E-state index in [1.165, 1.54) is 41.5 Å². The summed E-state index contributed by atoms with van der Waals surface area (Å²) in [6.07, 6.45) is 7.33. The molecule has 0 aliphatic carbocycles. The van der Waals surface area contributed by atoms with Gasteiger partial charge in [-0.1, -0.05) is 51.3 Å². The van der Waals surface area contributed by atoms with Crippen LogP contribution in [0.3, 0.4) is 0 Å². The third kappa shape index (κ3) is 3.62. The van der Waals surface area contributed by atoms with Gasteiger partial charge < -0.3 is 4.57 Å². The molecule has 2 aromatic heterocycles. The predicted molar refractivity (Wildman–Crippen MR) is 113 cm³/mol. The summed E-state index contributed by atoms with van der Waals surface area (Å²) in [6.45, 7) is 13.2. The van der Waals surface area contributed by atoms with E-state index in [0.717, 1.165) is 35.5 Å². The Hall–Kier alpha value is -2.23. The quantitative estimate of drug-likeness (QED) is 0.507. The fourth-order valence-corrected chi connectivity index (χ4v) is 4.28. The standard InChI is InChI=1S/C23H32N4/c1-7-10-11-18(8-2)27-19(9-3)26-22-21(24-14-25-23(22)27)20-16(5)12-15(4)13-17(20)6/h12-14,18H,7-11H2,1-6H3. The first kappa shape index (κ1) is 19.5. The Labute approximate surface area is 163 Å². The van der Waals surface area contributed by atoms with E-state index >= 15 is 0 Å². The maximum atomic E-state index is 5.03. The molecule has 0 amide bonds. The molecule has 0 saturated carbocycles. The molecule has 144 valence electrons. The van der Waals surface area contributed by atoms with Crippen LogP contribution in [0.1, 0.15) is 75.0 Å². The van der Waals surface area contributed by atoms with Crippen molar-refractivity contribution in [1.29, 1.82) is 0 Å². The molecular weight excluding hydrogens is 332 g/mol. The lowest BCUT2D eigenvalue weighted by atomic mass is 9.97.